The second kappa shape index (κ2) is 6.62. The highest BCUT2D eigenvalue weighted by atomic mass is 16.4. The first-order valence-corrected chi connectivity index (χ1v) is 6.27. The van der Waals surface area contributed by atoms with Crippen LogP contribution in [-0.2, 0) is 13.2 Å². The minimum absolute atomic E-state index is 0.0391. The van der Waals surface area contributed by atoms with E-state index in [9.17, 15) is 9.59 Å². The number of aromatic carboxylic acids is 1. The molecule has 3 N–H and O–H groups in total. The van der Waals surface area contributed by atoms with E-state index in [-0.39, 0.29) is 24.4 Å². The van der Waals surface area contributed by atoms with Crippen molar-refractivity contribution in [3.8, 4) is 0 Å². The van der Waals surface area contributed by atoms with Crippen molar-refractivity contribution in [3.63, 3.8) is 0 Å². The average molecular weight is 286 g/mol. The lowest BCUT2D eigenvalue weighted by molar-refractivity contribution is 0.0690. The van der Waals surface area contributed by atoms with Crippen LogP contribution in [0.1, 0.15) is 32.0 Å². The molecule has 108 valence electrons. The molecule has 0 radical (unpaired) electrons. The van der Waals surface area contributed by atoms with E-state index in [0.29, 0.717) is 0 Å². The first kappa shape index (κ1) is 14.7. The Morgan fingerprint density at radius 2 is 1.76 bits per heavy atom. The molecule has 1 amide bonds. The van der Waals surface area contributed by atoms with Gasteiger partial charge in [0.25, 0.3) is 5.91 Å². The molecule has 21 heavy (non-hydrogen) atoms. The van der Waals surface area contributed by atoms with Crippen molar-refractivity contribution < 1.29 is 19.8 Å². The predicted octanol–water partition coefficient (Wildman–Crippen LogP) is 1.20. The van der Waals surface area contributed by atoms with Crippen LogP contribution in [0.2, 0.25) is 0 Å². The van der Waals surface area contributed by atoms with Crippen LogP contribution < -0.4 is 5.32 Å². The van der Waals surface area contributed by atoms with Crippen molar-refractivity contribution >= 4 is 11.9 Å². The quantitative estimate of drug-likeness (QED) is 0.767. The van der Waals surface area contributed by atoms with E-state index in [0.717, 1.165) is 11.1 Å². The van der Waals surface area contributed by atoms with Crippen molar-refractivity contribution in [1.82, 2.24) is 10.3 Å². The average Bonchev–Trinajstić information content (AvgIpc) is 2.53. The lowest BCUT2D eigenvalue weighted by atomic mass is 10.1. The van der Waals surface area contributed by atoms with Gasteiger partial charge in [-0.15, -0.1) is 0 Å². The molecular weight excluding hydrogens is 272 g/mol. The molecule has 0 saturated heterocycles. The zero-order valence-electron chi connectivity index (χ0n) is 11.1. The number of benzene rings is 1. The maximum absolute atomic E-state index is 12.0. The summed E-state index contributed by atoms with van der Waals surface area (Å²) in [5.74, 6) is -1.74. The summed E-state index contributed by atoms with van der Waals surface area (Å²) in [6, 6.07) is 9.87. The minimum atomic E-state index is -1.19. The van der Waals surface area contributed by atoms with Gasteiger partial charge >= 0.3 is 5.97 Å². The molecule has 0 spiro atoms. The predicted molar refractivity (Wildman–Crippen MR) is 74.7 cm³/mol. The van der Waals surface area contributed by atoms with Gasteiger partial charge < -0.3 is 15.5 Å². The molecule has 1 aromatic carbocycles. The molecule has 0 unspecified atom stereocenters. The van der Waals surface area contributed by atoms with Crippen molar-refractivity contribution in [2.24, 2.45) is 0 Å². The Bertz CT molecular complexity index is 653. The number of pyridine rings is 1. The molecule has 6 nitrogen and oxygen atoms in total. The Morgan fingerprint density at radius 3 is 2.38 bits per heavy atom. The molecule has 2 rings (SSSR count). The van der Waals surface area contributed by atoms with Gasteiger partial charge in [0.15, 0.2) is 0 Å². The summed E-state index contributed by atoms with van der Waals surface area (Å²) >= 11 is 0. The van der Waals surface area contributed by atoms with Crippen molar-refractivity contribution in [2.75, 3.05) is 0 Å². The van der Waals surface area contributed by atoms with Crippen LogP contribution >= 0.6 is 0 Å². The number of carbonyl (C=O) groups is 2. The highest BCUT2D eigenvalue weighted by Gasteiger charge is 2.17. The number of aliphatic hydroxyl groups excluding tert-OH is 1. The molecule has 2 aromatic rings. The molecule has 1 heterocycles. The number of carbonyl (C=O) groups excluding carboxylic acids is 1. The Hall–Kier alpha value is -2.73. The molecule has 0 bridgehead atoms. The van der Waals surface area contributed by atoms with Gasteiger partial charge in [0.1, 0.15) is 5.69 Å². The number of carboxylic acids is 1. The number of hydrogen-bond donors (Lipinski definition) is 3. The van der Waals surface area contributed by atoms with E-state index in [4.69, 9.17) is 10.2 Å². The highest BCUT2D eigenvalue weighted by molar-refractivity contribution is 6.03. The van der Waals surface area contributed by atoms with Crippen LogP contribution in [0.15, 0.2) is 42.6 Å². The van der Waals surface area contributed by atoms with Crippen molar-refractivity contribution in [2.45, 2.75) is 13.2 Å². The summed E-state index contributed by atoms with van der Waals surface area (Å²) < 4.78 is 0. The molecule has 1 aromatic heterocycles. The monoisotopic (exact) mass is 286 g/mol. The molecule has 6 heteroatoms. The second-order valence-corrected chi connectivity index (χ2v) is 4.36. The maximum atomic E-state index is 12.0. The lowest BCUT2D eigenvalue weighted by Crippen LogP contribution is -2.26. The van der Waals surface area contributed by atoms with E-state index >= 15 is 0 Å². The van der Waals surface area contributed by atoms with Crippen molar-refractivity contribution in [3.05, 3.63) is 65.0 Å². The van der Waals surface area contributed by atoms with E-state index in [2.05, 4.69) is 10.3 Å². The summed E-state index contributed by atoms with van der Waals surface area (Å²) in [5, 5.41) is 20.6. The smallest absolute Gasteiger partial charge is 0.338 e. The maximum Gasteiger partial charge on any atom is 0.338 e. The van der Waals surface area contributed by atoms with Crippen molar-refractivity contribution in [1.29, 1.82) is 0 Å². The first-order valence-electron chi connectivity index (χ1n) is 6.27. The molecule has 0 aliphatic carbocycles. The van der Waals surface area contributed by atoms with Gasteiger partial charge in [-0.25, -0.2) is 4.79 Å². The summed E-state index contributed by atoms with van der Waals surface area (Å²) in [5.41, 5.74) is 1.37. The van der Waals surface area contributed by atoms with Gasteiger partial charge in [-0.2, -0.15) is 0 Å². The molecule has 0 aliphatic heterocycles. The van der Waals surface area contributed by atoms with Gasteiger partial charge in [0, 0.05) is 12.7 Å². The van der Waals surface area contributed by atoms with Gasteiger partial charge in [0.05, 0.1) is 12.2 Å². The van der Waals surface area contributed by atoms with Crippen LogP contribution in [0.25, 0.3) is 0 Å². The van der Waals surface area contributed by atoms with Crippen LogP contribution in [0.4, 0.5) is 0 Å². The Labute approximate surface area is 121 Å². The second-order valence-electron chi connectivity index (χ2n) is 4.36. The van der Waals surface area contributed by atoms with Crippen LogP contribution in [0.5, 0.6) is 0 Å². The molecule has 0 atom stereocenters. The summed E-state index contributed by atoms with van der Waals surface area (Å²) in [7, 11) is 0. The van der Waals surface area contributed by atoms with Gasteiger partial charge in [-0.1, -0.05) is 24.3 Å². The number of rotatable bonds is 5. The summed E-state index contributed by atoms with van der Waals surface area (Å²) in [6.07, 6.45) is 1.37. The number of aromatic nitrogens is 1. The number of hydrogen-bond acceptors (Lipinski definition) is 4. The fraction of sp³-hybridized carbons (Fsp3) is 0.133. The number of aliphatic hydroxyl groups is 1. The molecular formula is C15H14N2O4. The SMILES string of the molecule is O=C(O)c1cccnc1C(=O)NCc1ccc(CO)cc1. The van der Waals surface area contributed by atoms with Crippen LogP contribution in [0, 0.1) is 0 Å². The number of carboxylic acid groups (broad SMARTS) is 1. The summed E-state index contributed by atoms with van der Waals surface area (Å²) in [4.78, 5) is 26.8. The van der Waals surface area contributed by atoms with Crippen LogP contribution in [0.3, 0.4) is 0 Å². The van der Waals surface area contributed by atoms with E-state index < -0.39 is 11.9 Å². The molecule has 0 saturated carbocycles. The fourth-order valence-electron chi connectivity index (χ4n) is 1.79. The zero-order valence-corrected chi connectivity index (χ0v) is 11.1. The largest absolute Gasteiger partial charge is 0.478 e. The Kier molecular flexibility index (Phi) is 4.63. The van der Waals surface area contributed by atoms with Crippen LogP contribution in [-0.4, -0.2) is 27.1 Å². The fourth-order valence-corrected chi connectivity index (χ4v) is 1.79. The lowest BCUT2D eigenvalue weighted by Gasteiger charge is -2.07. The summed E-state index contributed by atoms with van der Waals surface area (Å²) in [6.45, 7) is 0.211. The number of nitrogens with one attached hydrogen (secondary N) is 1. The van der Waals surface area contributed by atoms with Gasteiger partial charge in [-0.05, 0) is 23.3 Å². The van der Waals surface area contributed by atoms with E-state index in [1.54, 1.807) is 24.3 Å². The van der Waals surface area contributed by atoms with Gasteiger partial charge in [-0.3, -0.25) is 9.78 Å². The third-order valence-electron chi connectivity index (χ3n) is 2.91. The first-order chi connectivity index (χ1) is 10.1. The Balaban J connectivity index is 2.06. The molecule has 0 fully saturated rings. The number of nitrogens with zero attached hydrogens (tertiary/aromatic N) is 1. The normalized spacial score (nSPS) is 10.1. The van der Waals surface area contributed by atoms with Gasteiger partial charge in [0.2, 0.25) is 0 Å². The highest BCUT2D eigenvalue weighted by Crippen LogP contribution is 2.07. The van der Waals surface area contributed by atoms with E-state index in [1.807, 2.05) is 0 Å². The topological polar surface area (TPSA) is 99.5 Å². The molecule has 0 aliphatic rings. The number of amides is 1. The standard InChI is InChI=1S/C15H14N2O4/c18-9-11-5-3-10(4-6-11)8-17-14(19)13-12(15(20)21)2-1-7-16-13/h1-7,18H,8-9H2,(H,17,19)(H,20,21). The zero-order chi connectivity index (χ0) is 15.2. The Morgan fingerprint density at radius 1 is 1.10 bits per heavy atom. The third-order valence-corrected chi connectivity index (χ3v) is 2.91. The minimum Gasteiger partial charge on any atom is -0.478 e. The third kappa shape index (κ3) is 3.64. The van der Waals surface area contributed by atoms with E-state index in [1.165, 1.54) is 18.3 Å².